The van der Waals surface area contributed by atoms with Crippen LogP contribution in [0.2, 0.25) is 0 Å². The highest BCUT2D eigenvalue weighted by molar-refractivity contribution is 9.10. The van der Waals surface area contributed by atoms with Gasteiger partial charge in [-0.3, -0.25) is 19.3 Å². The number of hydrogen-bond acceptors (Lipinski definition) is 5. The highest BCUT2D eigenvalue weighted by Gasteiger charge is 2.37. The Morgan fingerprint density at radius 2 is 1.72 bits per heavy atom. The first-order valence-corrected chi connectivity index (χ1v) is 12.4. The zero-order valence-corrected chi connectivity index (χ0v) is 20.9. The first-order valence-electron chi connectivity index (χ1n) is 11.6. The van der Waals surface area contributed by atoms with Crippen molar-refractivity contribution in [3.05, 3.63) is 94.0 Å². The number of fused-ring (bicyclic) bond motifs is 1. The van der Waals surface area contributed by atoms with Gasteiger partial charge < -0.3 is 14.8 Å². The molecule has 0 aliphatic carbocycles. The molecule has 1 unspecified atom stereocenters. The Bertz CT molecular complexity index is 1330. The van der Waals surface area contributed by atoms with Gasteiger partial charge in [0.15, 0.2) is 0 Å². The molecule has 0 spiro atoms. The van der Waals surface area contributed by atoms with Crippen LogP contribution >= 0.6 is 15.9 Å². The summed E-state index contributed by atoms with van der Waals surface area (Å²) in [4.78, 5) is 39.0. The van der Waals surface area contributed by atoms with Gasteiger partial charge in [0, 0.05) is 22.8 Å². The largest absolute Gasteiger partial charge is 0.457 e. The molecular weight excluding hydrogens is 524 g/mol. The molecule has 3 aromatic carbocycles. The lowest BCUT2D eigenvalue weighted by Crippen LogP contribution is -2.36. The molecule has 7 nitrogen and oxygen atoms in total. The molecule has 0 saturated carbocycles. The smallest absolute Gasteiger partial charge is 0.261 e. The molecule has 0 radical (unpaired) electrons. The molecule has 5 rings (SSSR count). The van der Waals surface area contributed by atoms with Crippen LogP contribution in [-0.4, -0.2) is 41.9 Å². The number of anilines is 1. The molecule has 0 aromatic heterocycles. The number of benzene rings is 3. The standard InChI is InChI=1S/C28H23BrN2O5/c29-19-6-3-18(4-7-19)5-14-26(32)30-20-8-10-21(11-9-20)36-22-12-13-24-25(16-22)28(34)31(27(24)33)17-23-2-1-15-35-23/h3-14,16,23H,1-2,15,17H2,(H,30,32)/b14-5+. The number of nitrogens with one attached hydrogen (secondary N) is 1. The van der Waals surface area contributed by atoms with E-state index in [4.69, 9.17) is 9.47 Å². The number of nitrogens with zero attached hydrogens (tertiary/aromatic N) is 1. The van der Waals surface area contributed by atoms with Crippen LogP contribution in [0.3, 0.4) is 0 Å². The molecule has 2 aliphatic heterocycles. The minimum Gasteiger partial charge on any atom is -0.457 e. The third-order valence-electron chi connectivity index (χ3n) is 6.01. The summed E-state index contributed by atoms with van der Waals surface area (Å²) in [5, 5.41) is 2.81. The highest BCUT2D eigenvalue weighted by Crippen LogP contribution is 2.31. The number of ether oxygens (including phenoxy) is 2. The molecule has 1 N–H and O–H groups in total. The van der Waals surface area contributed by atoms with Crippen molar-refractivity contribution < 1.29 is 23.9 Å². The van der Waals surface area contributed by atoms with Gasteiger partial charge in [0.2, 0.25) is 5.91 Å². The highest BCUT2D eigenvalue weighted by atomic mass is 79.9. The lowest BCUT2D eigenvalue weighted by Gasteiger charge is -2.17. The average molecular weight is 547 g/mol. The molecule has 1 fully saturated rings. The van der Waals surface area contributed by atoms with Crippen LogP contribution in [0, 0.1) is 0 Å². The van der Waals surface area contributed by atoms with Gasteiger partial charge in [-0.05, 0) is 79.1 Å². The van der Waals surface area contributed by atoms with Crippen molar-refractivity contribution in [1.82, 2.24) is 4.90 Å². The van der Waals surface area contributed by atoms with Crippen molar-refractivity contribution in [3.8, 4) is 11.5 Å². The van der Waals surface area contributed by atoms with Gasteiger partial charge in [0.1, 0.15) is 11.5 Å². The van der Waals surface area contributed by atoms with Crippen LogP contribution in [0.1, 0.15) is 39.1 Å². The third kappa shape index (κ3) is 5.40. The second-order valence-electron chi connectivity index (χ2n) is 8.56. The first kappa shape index (κ1) is 24.0. The first-order chi connectivity index (χ1) is 17.5. The van der Waals surface area contributed by atoms with E-state index in [2.05, 4.69) is 21.2 Å². The Morgan fingerprint density at radius 3 is 2.44 bits per heavy atom. The molecule has 3 amide bonds. The van der Waals surface area contributed by atoms with Gasteiger partial charge >= 0.3 is 0 Å². The maximum absolute atomic E-state index is 12.9. The predicted molar refractivity (Wildman–Crippen MR) is 139 cm³/mol. The van der Waals surface area contributed by atoms with Gasteiger partial charge in [-0.1, -0.05) is 28.1 Å². The normalized spacial score (nSPS) is 17.0. The molecule has 0 bridgehead atoms. The molecule has 182 valence electrons. The minimum absolute atomic E-state index is 0.0989. The maximum Gasteiger partial charge on any atom is 0.261 e. The second-order valence-corrected chi connectivity index (χ2v) is 9.48. The Morgan fingerprint density at radius 1 is 1.00 bits per heavy atom. The summed E-state index contributed by atoms with van der Waals surface area (Å²) in [5.74, 6) is 0.104. The molecule has 3 aromatic rings. The molecule has 8 heteroatoms. The Labute approximate surface area is 216 Å². The van der Waals surface area contributed by atoms with Crippen LogP contribution in [0.5, 0.6) is 11.5 Å². The van der Waals surface area contributed by atoms with E-state index in [9.17, 15) is 14.4 Å². The molecular formula is C28H23BrN2O5. The predicted octanol–water partition coefficient (Wildman–Crippen LogP) is 5.67. The van der Waals surface area contributed by atoms with Crippen molar-refractivity contribution in [1.29, 1.82) is 0 Å². The van der Waals surface area contributed by atoms with Crippen LogP contribution in [0.4, 0.5) is 5.69 Å². The van der Waals surface area contributed by atoms with E-state index in [1.54, 1.807) is 48.5 Å². The fraction of sp³-hybridized carbons (Fsp3) is 0.179. The van der Waals surface area contributed by atoms with Gasteiger partial charge in [-0.2, -0.15) is 0 Å². The Balaban J connectivity index is 1.20. The summed E-state index contributed by atoms with van der Waals surface area (Å²) < 4.78 is 12.5. The van der Waals surface area contributed by atoms with E-state index in [0.717, 1.165) is 22.9 Å². The zero-order chi connectivity index (χ0) is 25.1. The van der Waals surface area contributed by atoms with Gasteiger partial charge in [0.05, 0.1) is 23.8 Å². The number of carbonyl (C=O) groups is 3. The number of carbonyl (C=O) groups excluding carboxylic acids is 3. The monoisotopic (exact) mass is 546 g/mol. The molecule has 2 heterocycles. The SMILES string of the molecule is O=C(/C=C/c1ccc(Br)cc1)Nc1ccc(Oc2ccc3c(c2)C(=O)N(CC2CCCO2)C3=O)cc1. The summed E-state index contributed by atoms with van der Waals surface area (Å²) in [6.07, 6.45) is 4.90. The van der Waals surface area contributed by atoms with E-state index in [1.165, 1.54) is 11.0 Å². The van der Waals surface area contributed by atoms with Crippen molar-refractivity contribution in [2.75, 3.05) is 18.5 Å². The molecule has 2 aliphatic rings. The number of rotatable bonds is 7. The van der Waals surface area contributed by atoms with Crippen molar-refractivity contribution in [3.63, 3.8) is 0 Å². The summed E-state index contributed by atoms with van der Waals surface area (Å²) >= 11 is 3.38. The van der Waals surface area contributed by atoms with Crippen LogP contribution in [-0.2, 0) is 9.53 Å². The van der Waals surface area contributed by atoms with E-state index in [0.29, 0.717) is 34.9 Å². The van der Waals surface area contributed by atoms with Crippen molar-refractivity contribution in [2.24, 2.45) is 0 Å². The summed E-state index contributed by atoms with van der Waals surface area (Å²) in [5.41, 5.74) is 2.24. The fourth-order valence-corrected chi connectivity index (χ4v) is 4.43. The molecule has 36 heavy (non-hydrogen) atoms. The van der Waals surface area contributed by atoms with Crippen LogP contribution in [0.15, 0.2) is 77.3 Å². The number of halogens is 1. The number of imide groups is 1. The third-order valence-corrected chi connectivity index (χ3v) is 6.54. The van der Waals surface area contributed by atoms with Gasteiger partial charge in [-0.25, -0.2) is 0 Å². The fourth-order valence-electron chi connectivity index (χ4n) is 4.16. The molecule has 1 saturated heterocycles. The van der Waals surface area contributed by atoms with E-state index in [-0.39, 0.29) is 30.4 Å². The van der Waals surface area contributed by atoms with Gasteiger partial charge in [-0.15, -0.1) is 0 Å². The van der Waals surface area contributed by atoms with E-state index in [1.807, 2.05) is 24.3 Å². The topological polar surface area (TPSA) is 84.9 Å². The summed E-state index contributed by atoms with van der Waals surface area (Å²) in [7, 11) is 0. The number of hydrogen-bond donors (Lipinski definition) is 1. The van der Waals surface area contributed by atoms with E-state index < -0.39 is 0 Å². The van der Waals surface area contributed by atoms with Crippen molar-refractivity contribution in [2.45, 2.75) is 18.9 Å². The Kier molecular flexibility index (Phi) is 6.97. The maximum atomic E-state index is 12.9. The zero-order valence-electron chi connectivity index (χ0n) is 19.3. The minimum atomic E-state index is -0.329. The Hall–Kier alpha value is -3.75. The second kappa shape index (κ2) is 10.5. The van der Waals surface area contributed by atoms with Crippen molar-refractivity contribution >= 4 is 45.4 Å². The molecule has 1 atom stereocenters. The van der Waals surface area contributed by atoms with Crippen LogP contribution in [0.25, 0.3) is 6.08 Å². The average Bonchev–Trinajstić information content (AvgIpc) is 3.48. The van der Waals surface area contributed by atoms with Gasteiger partial charge in [0.25, 0.3) is 11.8 Å². The lowest BCUT2D eigenvalue weighted by atomic mass is 10.1. The lowest BCUT2D eigenvalue weighted by molar-refractivity contribution is -0.111. The quantitative estimate of drug-likeness (QED) is 0.305. The number of amides is 3. The van der Waals surface area contributed by atoms with E-state index >= 15 is 0 Å². The van der Waals surface area contributed by atoms with Crippen LogP contribution < -0.4 is 10.1 Å². The summed E-state index contributed by atoms with van der Waals surface area (Å²) in [6.45, 7) is 0.936. The summed E-state index contributed by atoms with van der Waals surface area (Å²) in [6, 6.07) is 19.4.